The summed E-state index contributed by atoms with van der Waals surface area (Å²) in [7, 11) is 0. The molecule has 0 bridgehead atoms. The second-order valence-corrected chi connectivity index (χ2v) is 12.5. The van der Waals surface area contributed by atoms with Gasteiger partial charge in [0.1, 0.15) is 52.7 Å². The van der Waals surface area contributed by atoms with Crippen LogP contribution in [-0.4, -0.2) is 6.15 Å². The molecule has 0 aliphatic carbocycles. The minimum absolute atomic E-state index is 0.963. The van der Waals surface area contributed by atoms with Gasteiger partial charge < -0.3 is 0 Å². The van der Waals surface area contributed by atoms with Crippen molar-refractivity contribution in [2.75, 3.05) is 0 Å². The molecule has 1 heterocycles. The minimum atomic E-state index is -7.22. The second kappa shape index (κ2) is 16.9. The van der Waals surface area contributed by atoms with Crippen LogP contribution < -0.4 is 26.4 Å². The Morgan fingerprint density at radius 3 is 0.850 bits per heavy atom. The fraction of sp³-hybridized carbons (Fsp3) is 0.0789. The van der Waals surface area contributed by atoms with E-state index in [0.29, 0.717) is 0 Å². The van der Waals surface area contributed by atoms with E-state index in [2.05, 4.69) is 66.2 Å². The lowest BCUT2D eigenvalue weighted by Gasteiger charge is -2.44. The maximum atomic E-state index is 15.4. The van der Waals surface area contributed by atoms with Crippen LogP contribution in [0.5, 0.6) is 0 Å². The zero-order valence-corrected chi connectivity index (χ0v) is 29.2. The highest BCUT2D eigenvalue weighted by Crippen LogP contribution is 2.30. The number of nitrogens with zero attached hydrogens (tertiary/aromatic N) is 1. The smallest absolute Gasteiger partial charge is 0.200 e. The summed E-state index contributed by atoms with van der Waals surface area (Å²) in [6.45, 7) is 3.15. The van der Waals surface area contributed by atoms with Gasteiger partial charge in [-0.2, -0.15) is 4.57 Å². The molecule has 1 nitrogen and oxygen atoms in total. The molecule has 316 valence electrons. The summed E-state index contributed by atoms with van der Waals surface area (Å²) in [5.74, 6) is -71.4. The zero-order valence-electron chi connectivity index (χ0n) is 29.2. The minimum Gasteiger partial charge on any atom is -0.207 e. The average Bonchev–Trinajstić information content (AvgIpc) is 3.24. The van der Waals surface area contributed by atoms with Gasteiger partial charge in [-0.25, -0.2) is 87.8 Å². The predicted octanol–water partition coefficient (Wildman–Crippen LogP) is 8.43. The van der Waals surface area contributed by atoms with Gasteiger partial charge in [-0.05, 0) is 0 Å². The first-order valence-corrected chi connectivity index (χ1v) is 16.3. The van der Waals surface area contributed by atoms with Gasteiger partial charge in [-0.1, -0.05) is 43.3 Å². The molecule has 22 heteroatoms. The molecule has 6 aromatic rings. The van der Waals surface area contributed by atoms with Crippen LogP contribution in [0.2, 0.25) is 0 Å². The van der Waals surface area contributed by atoms with Crippen molar-refractivity contribution in [3.63, 3.8) is 0 Å². The molecule has 0 atom stereocenters. The lowest BCUT2D eigenvalue weighted by atomic mass is 9.12. The molecule has 0 aliphatic heterocycles. The highest BCUT2D eigenvalue weighted by molar-refractivity contribution is 7.20. The molecular weight excluding hydrogens is 861 g/mol. The molecule has 0 saturated carbocycles. The number of pyridine rings is 1. The summed E-state index contributed by atoms with van der Waals surface area (Å²) < 4.78 is 296. The predicted molar refractivity (Wildman–Crippen MR) is 171 cm³/mol. The molecule has 0 N–H and O–H groups in total. The van der Waals surface area contributed by atoms with Gasteiger partial charge in [0.15, 0.2) is 88.2 Å². The number of hydrogen-bond acceptors (Lipinski definition) is 0. The van der Waals surface area contributed by atoms with Crippen LogP contribution >= 0.6 is 0 Å². The van der Waals surface area contributed by atoms with Gasteiger partial charge in [-0.3, -0.25) is 0 Å². The second-order valence-electron chi connectivity index (χ2n) is 12.5. The molecule has 0 spiro atoms. The standard InChI is InChI=1S/C24BF20.C14H16N/c26-5-1(6(27)14(35)21(42)13(5)34)25(2-7(28)15(36)22(43)16(37)8(2)29,3-9(30)17(38)23(44)18(39)10(3)31)4-11(32)19(40)24(45)20(41)12(4)33;1-2-14-10-6-7-11-15(14)12-13-8-4-3-5-9-13/h;3-11H,2,12H2,1H3/q-1;+1. The topological polar surface area (TPSA) is 3.88 Å². The van der Waals surface area contributed by atoms with E-state index in [1.54, 1.807) is 0 Å². The van der Waals surface area contributed by atoms with Crippen LogP contribution in [0.1, 0.15) is 18.2 Å². The van der Waals surface area contributed by atoms with Crippen LogP contribution in [-0.2, 0) is 13.0 Å². The van der Waals surface area contributed by atoms with Gasteiger partial charge in [0.2, 0.25) is 0 Å². The third-order valence-corrected chi connectivity index (χ3v) is 9.30. The largest absolute Gasteiger partial charge is 0.207 e. The molecule has 0 radical (unpaired) electrons. The Morgan fingerprint density at radius 2 is 0.583 bits per heavy atom. The SMILES string of the molecule is CCc1cccc[n+]1Cc1ccccc1.Fc1c(F)c(F)c([B-](c2c(F)c(F)c(F)c(F)c2F)(c2c(F)c(F)c(F)c(F)c2F)c2c(F)c(F)c(F)c(F)c2F)c(F)c1F. The van der Waals surface area contributed by atoms with Crippen molar-refractivity contribution < 1.29 is 92.4 Å². The number of aryl methyl sites for hydroxylation is 1. The normalized spacial score (nSPS) is 11.6. The van der Waals surface area contributed by atoms with E-state index in [0.717, 1.165) is 13.0 Å². The molecule has 0 unspecified atom stereocenters. The Labute approximate surface area is 322 Å². The van der Waals surface area contributed by atoms with E-state index in [9.17, 15) is 52.7 Å². The van der Waals surface area contributed by atoms with Crippen LogP contribution in [0.3, 0.4) is 0 Å². The third-order valence-electron chi connectivity index (χ3n) is 9.30. The molecule has 6 rings (SSSR count). The van der Waals surface area contributed by atoms with E-state index >= 15 is 35.1 Å². The number of rotatable bonds is 7. The maximum Gasteiger partial charge on any atom is 0.200 e. The first-order chi connectivity index (χ1) is 28.1. The number of benzene rings is 5. The van der Waals surface area contributed by atoms with E-state index in [1.807, 2.05) is 0 Å². The number of halogens is 20. The van der Waals surface area contributed by atoms with E-state index < -0.39 is 144 Å². The Kier molecular flexibility index (Phi) is 12.7. The maximum absolute atomic E-state index is 15.4. The van der Waals surface area contributed by atoms with Crippen LogP contribution in [0, 0.1) is 116 Å². The molecule has 0 fully saturated rings. The van der Waals surface area contributed by atoms with Crippen molar-refractivity contribution in [3.8, 4) is 0 Å². The van der Waals surface area contributed by atoms with Crippen LogP contribution in [0.25, 0.3) is 0 Å². The van der Waals surface area contributed by atoms with Gasteiger partial charge in [0, 0.05) is 24.1 Å². The fourth-order valence-corrected chi connectivity index (χ4v) is 6.64. The van der Waals surface area contributed by atoms with Crippen molar-refractivity contribution in [2.45, 2.75) is 19.9 Å². The van der Waals surface area contributed by atoms with E-state index in [-0.39, 0.29) is 0 Å². The van der Waals surface area contributed by atoms with Crippen LogP contribution in [0.15, 0.2) is 54.7 Å². The van der Waals surface area contributed by atoms with Crippen molar-refractivity contribution in [1.82, 2.24) is 0 Å². The highest BCUT2D eigenvalue weighted by atomic mass is 19.2. The number of hydrogen-bond donors (Lipinski definition) is 0. The zero-order chi connectivity index (χ0) is 44.9. The van der Waals surface area contributed by atoms with Crippen molar-refractivity contribution in [1.29, 1.82) is 0 Å². The van der Waals surface area contributed by atoms with E-state index in [4.69, 9.17) is 0 Å². The summed E-state index contributed by atoms with van der Waals surface area (Å²) in [5.41, 5.74) is -11.6. The Bertz CT molecular complexity index is 2290. The Hall–Kier alpha value is -6.09. The highest BCUT2D eigenvalue weighted by Gasteiger charge is 2.52. The Balaban J connectivity index is 0.000000379. The van der Waals surface area contributed by atoms with Crippen molar-refractivity contribution >= 4 is 28.0 Å². The van der Waals surface area contributed by atoms with Gasteiger partial charge >= 0.3 is 0 Å². The van der Waals surface area contributed by atoms with Gasteiger partial charge in [0.05, 0.1) is 0 Å². The van der Waals surface area contributed by atoms with Crippen molar-refractivity contribution in [2.24, 2.45) is 0 Å². The third kappa shape index (κ3) is 6.97. The first-order valence-electron chi connectivity index (χ1n) is 16.3. The Morgan fingerprint density at radius 1 is 0.333 bits per heavy atom. The lowest BCUT2D eigenvalue weighted by molar-refractivity contribution is -0.695. The van der Waals surface area contributed by atoms with Crippen molar-refractivity contribution in [3.05, 3.63) is 182 Å². The molecule has 1 aromatic heterocycles. The molecule has 0 aliphatic rings. The molecule has 0 amide bonds. The monoisotopic (exact) mass is 877 g/mol. The fourth-order valence-electron chi connectivity index (χ4n) is 6.64. The molecule has 60 heavy (non-hydrogen) atoms. The van der Waals surface area contributed by atoms with Gasteiger partial charge in [-0.15, -0.1) is 21.9 Å². The summed E-state index contributed by atoms with van der Waals surface area (Å²) in [4.78, 5) is 0. The van der Waals surface area contributed by atoms with Gasteiger partial charge in [0.25, 0.3) is 0 Å². The lowest BCUT2D eigenvalue weighted by Crippen LogP contribution is -2.81. The van der Waals surface area contributed by atoms with Crippen LogP contribution in [0.4, 0.5) is 87.8 Å². The first kappa shape index (κ1) is 45.0. The summed E-state index contributed by atoms with van der Waals surface area (Å²) >= 11 is 0. The summed E-state index contributed by atoms with van der Waals surface area (Å²) in [6.07, 6.45) is -4.00. The average molecular weight is 877 g/mol. The summed E-state index contributed by atoms with van der Waals surface area (Å²) in [5, 5.41) is 0. The number of aromatic nitrogens is 1. The molecule has 5 aromatic carbocycles. The van der Waals surface area contributed by atoms with E-state index in [1.165, 1.54) is 11.3 Å². The molecule has 0 saturated heterocycles. The summed E-state index contributed by atoms with van der Waals surface area (Å²) in [6, 6.07) is 16.9. The quantitative estimate of drug-likeness (QED) is 0.0499. The molecular formula is C38H16BF20N.